The van der Waals surface area contributed by atoms with E-state index in [1.807, 2.05) is 0 Å². The van der Waals surface area contributed by atoms with E-state index in [0.717, 1.165) is 13.1 Å². The van der Waals surface area contributed by atoms with Crippen molar-refractivity contribution in [1.29, 1.82) is 0 Å². The molecule has 4 fully saturated rings. The normalized spacial score (nSPS) is 44.4. The van der Waals surface area contributed by atoms with Gasteiger partial charge in [-0.2, -0.15) is 0 Å². The van der Waals surface area contributed by atoms with E-state index in [0.29, 0.717) is 5.92 Å². The lowest BCUT2D eigenvalue weighted by molar-refractivity contribution is 0.0260. The fraction of sp³-hybridized carbons (Fsp3) is 0.889. The lowest BCUT2D eigenvalue weighted by Gasteiger charge is -2.50. The number of fused-ring (bicyclic) bond motifs is 2. The van der Waals surface area contributed by atoms with Gasteiger partial charge in [0.15, 0.2) is 0 Å². The van der Waals surface area contributed by atoms with Gasteiger partial charge in [-0.05, 0) is 31.8 Å². The van der Waals surface area contributed by atoms with Crippen LogP contribution in [0.1, 0.15) is 12.8 Å². The molecule has 80 valence electrons. The van der Waals surface area contributed by atoms with Gasteiger partial charge in [0.05, 0.1) is 5.54 Å². The molecule has 5 heteroatoms. The number of nitrogens with zero attached hydrogens (tertiary/aromatic N) is 1. The molecule has 4 rings (SSSR count). The van der Waals surface area contributed by atoms with Crippen LogP contribution in [0.15, 0.2) is 0 Å². The van der Waals surface area contributed by atoms with Crippen molar-refractivity contribution in [2.45, 2.75) is 18.4 Å². The molecule has 2 N–H and O–H groups in total. The van der Waals surface area contributed by atoms with Crippen LogP contribution in [0.5, 0.6) is 0 Å². The Morgan fingerprint density at radius 2 is 2.07 bits per heavy atom. The number of carbonyl (C=O) groups is 1. The van der Waals surface area contributed by atoms with Crippen LogP contribution >= 0.6 is 12.4 Å². The number of carbonyl (C=O) groups excluding carboxylic acids is 1. The number of urea groups is 1. The molecule has 4 aliphatic rings. The zero-order valence-corrected chi connectivity index (χ0v) is 8.90. The van der Waals surface area contributed by atoms with Gasteiger partial charge in [-0.15, -0.1) is 12.4 Å². The Hall–Kier alpha value is -0.480. The van der Waals surface area contributed by atoms with Crippen LogP contribution in [0.4, 0.5) is 4.79 Å². The third-order valence-electron chi connectivity index (χ3n) is 3.80. The Bertz CT molecular complexity index is 252. The van der Waals surface area contributed by atoms with E-state index in [1.54, 1.807) is 0 Å². The van der Waals surface area contributed by atoms with Gasteiger partial charge in [0.2, 0.25) is 0 Å². The molecule has 4 nitrogen and oxygen atoms in total. The Morgan fingerprint density at radius 3 is 2.50 bits per heavy atom. The highest BCUT2D eigenvalue weighted by Gasteiger charge is 2.50. The maximum atomic E-state index is 11.2. The molecule has 0 aromatic heterocycles. The molecule has 1 unspecified atom stereocenters. The van der Waals surface area contributed by atoms with Crippen molar-refractivity contribution < 1.29 is 4.79 Å². The molecular formula is C9H16ClN3O. The number of hydrogen-bond acceptors (Lipinski definition) is 2. The summed E-state index contributed by atoms with van der Waals surface area (Å²) >= 11 is 0. The number of rotatable bonds is 0. The number of halogens is 1. The predicted octanol–water partition coefficient (Wildman–Crippen LogP) is 0.185. The molecule has 4 aliphatic heterocycles. The van der Waals surface area contributed by atoms with E-state index in [2.05, 4.69) is 15.5 Å². The highest BCUT2D eigenvalue weighted by atomic mass is 35.5. The predicted molar refractivity (Wildman–Crippen MR) is 55.7 cm³/mol. The van der Waals surface area contributed by atoms with E-state index in [4.69, 9.17) is 0 Å². The number of piperidine rings is 3. The van der Waals surface area contributed by atoms with Crippen LogP contribution in [-0.4, -0.2) is 42.6 Å². The lowest BCUT2D eigenvalue weighted by Crippen LogP contribution is -2.65. The van der Waals surface area contributed by atoms with E-state index < -0.39 is 0 Å². The van der Waals surface area contributed by atoms with Crippen LogP contribution in [0.3, 0.4) is 0 Å². The number of amides is 2. The highest BCUT2D eigenvalue weighted by Crippen LogP contribution is 2.36. The number of nitrogens with one attached hydrogen (secondary N) is 2. The maximum absolute atomic E-state index is 11.2. The Kier molecular flexibility index (Phi) is 2.35. The van der Waals surface area contributed by atoms with E-state index >= 15 is 0 Å². The molecule has 14 heavy (non-hydrogen) atoms. The molecule has 1 atom stereocenters. The second kappa shape index (κ2) is 3.28. The first-order valence-electron chi connectivity index (χ1n) is 5.07. The minimum Gasteiger partial charge on any atom is -0.336 e. The topological polar surface area (TPSA) is 44.4 Å². The maximum Gasteiger partial charge on any atom is 0.315 e. The molecule has 0 aromatic carbocycles. The van der Waals surface area contributed by atoms with Gasteiger partial charge in [-0.25, -0.2) is 4.79 Å². The summed E-state index contributed by atoms with van der Waals surface area (Å²) in [5.74, 6) is 0.705. The molecule has 4 heterocycles. The minimum atomic E-state index is 0. The van der Waals surface area contributed by atoms with Gasteiger partial charge in [0.1, 0.15) is 0 Å². The third-order valence-corrected chi connectivity index (χ3v) is 3.80. The molecule has 0 aromatic rings. The smallest absolute Gasteiger partial charge is 0.315 e. The van der Waals surface area contributed by atoms with Crippen molar-refractivity contribution in [3.05, 3.63) is 0 Å². The fourth-order valence-corrected chi connectivity index (χ4v) is 3.07. The van der Waals surface area contributed by atoms with E-state index in [1.165, 1.54) is 25.9 Å². The summed E-state index contributed by atoms with van der Waals surface area (Å²) in [6, 6.07) is 0.0220. The summed E-state index contributed by atoms with van der Waals surface area (Å²) in [6.45, 7) is 4.33. The summed E-state index contributed by atoms with van der Waals surface area (Å²) < 4.78 is 0. The first-order valence-corrected chi connectivity index (χ1v) is 5.07. The molecule has 0 radical (unpaired) electrons. The Labute approximate surface area is 89.8 Å². The Balaban J connectivity index is 0.000000750. The lowest BCUT2D eigenvalue weighted by atomic mass is 9.73. The second-order valence-electron chi connectivity index (χ2n) is 4.51. The summed E-state index contributed by atoms with van der Waals surface area (Å²) in [5.41, 5.74) is 0.0770. The highest BCUT2D eigenvalue weighted by molar-refractivity contribution is 5.85. The quantitative estimate of drug-likeness (QED) is 0.608. The minimum absolute atomic E-state index is 0. The molecule has 1 spiro atoms. The molecular weight excluding hydrogens is 202 g/mol. The van der Waals surface area contributed by atoms with Crippen molar-refractivity contribution in [3.63, 3.8) is 0 Å². The largest absolute Gasteiger partial charge is 0.336 e. The van der Waals surface area contributed by atoms with Gasteiger partial charge in [0.25, 0.3) is 0 Å². The fourth-order valence-electron chi connectivity index (χ4n) is 3.07. The zero-order chi connectivity index (χ0) is 8.89. The van der Waals surface area contributed by atoms with Crippen LogP contribution in [0.25, 0.3) is 0 Å². The second-order valence-corrected chi connectivity index (χ2v) is 4.51. The summed E-state index contributed by atoms with van der Waals surface area (Å²) in [4.78, 5) is 13.6. The van der Waals surface area contributed by atoms with Crippen molar-refractivity contribution in [3.8, 4) is 0 Å². The van der Waals surface area contributed by atoms with Gasteiger partial charge in [-0.3, -0.25) is 0 Å². The van der Waals surface area contributed by atoms with Crippen molar-refractivity contribution in [1.82, 2.24) is 15.5 Å². The first kappa shape index (κ1) is 10.1. The van der Waals surface area contributed by atoms with Crippen LogP contribution in [-0.2, 0) is 0 Å². The molecule has 2 amide bonds. The van der Waals surface area contributed by atoms with Crippen LogP contribution < -0.4 is 10.6 Å². The standard InChI is InChI=1S/C9H15N3O.ClH/c13-8-10-5-9(11-8)6-12-3-1-7(9)2-4-12;/h7H,1-6H2,(H2,10,11,13);1H. The van der Waals surface area contributed by atoms with Gasteiger partial charge < -0.3 is 15.5 Å². The number of hydrogen-bond donors (Lipinski definition) is 2. The Morgan fingerprint density at radius 1 is 1.36 bits per heavy atom. The van der Waals surface area contributed by atoms with Gasteiger partial charge in [-0.1, -0.05) is 0 Å². The SMILES string of the molecule is Cl.O=C1NCC2(CN3CCC2CC3)N1. The third kappa shape index (κ3) is 1.28. The summed E-state index contributed by atoms with van der Waals surface area (Å²) in [5, 5.41) is 6.00. The van der Waals surface area contributed by atoms with Crippen molar-refractivity contribution in [2.75, 3.05) is 26.2 Å². The molecule has 2 bridgehead atoms. The first-order chi connectivity index (χ1) is 6.28. The van der Waals surface area contributed by atoms with Crippen LogP contribution in [0.2, 0.25) is 0 Å². The molecule has 0 aliphatic carbocycles. The summed E-state index contributed by atoms with van der Waals surface area (Å²) in [6.07, 6.45) is 2.50. The van der Waals surface area contributed by atoms with E-state index in [-0.39, 0.29) is 24.0 Å². The van der Waals surface area contributed by atoms with E-state index in [9.17, 15) is 4.79 Å². The average molecular weight is 218 g/mol. The average Bonchev–Trinajstić information content (AvgIpc) is 2.49. The van der Waals surface area contributed by atoms with Crippen molar-refractivity contribution in [2.24, 2.45) is 5.92 Å². The van der Waals surface area contributed by atoms with Gasteiger partial charge in [0, 0.05) is 13.1 Å². The molecule has 4 saturated heterocycles. The van der Waals surface area contributed by atoms with Crippen LogP contribution in [0, 0.1) is 5.92 Å². The monoisotopic (exact) mass is 217 g/mol. The van der Waals surface area contributed by atoms with Crippen molar-refractivity contribution >= 4 is 18.4 Å². The molecule has 0 saturated carbocycles. The zero-order valence-electron chi connectivity index (χ0n) is 8.08. The summed E-state index contributed by atoms with van der Waals surface area (Å²) in [7, 11) is 0. The van der Waals surface area contributed by atoms with Gasteiger partial charge >= 0.3 is 6.03 Å².